The molecule has 0 aliphatic heterocycles. The number of carboxylic acid groups (broad SMARTS) is 1. The molecule has 110 valence electrons. The number of rotatable bonds is 5. The van der Waals surface area contributed by atoms with E-state index < -0.39 is 30.5 Å². The van der Waals surface area contributed by atoms with Crippen LogP contribution < -0.4 is 5.32 Å². The SMILES string of the molecule is O=C(CC(F)(F)F)N[C@H](Cc1ccc(O)cc1)C(=O)O. The number of hydrogen-bond donors (Lipinski definition) is 3. The number of benzene rings is 1. The van der Waals surface area contributed by atoms with Crippen LogP contribution in [0.3, 0.4) is 0 Å². The number of hydrogen-bond acceptors (Lipinski definition) is 3. The molecule has 1 aromatic rings. The number of carboxylic acids is 1. The fraction of sp³-hybridized carbons (Fsp3) is 0.333. The molecule has 20 heavy (non-hydrogen) atoms. The van der Waals surface area contributed by atoms with Crippen molar-refractivity contribution in [3.63, 3.8) is 0 Å². The number of aliphatic carboxylic acids is 1. The van der Waals surface area contributed by atoms with Gasteiger partial charge in [-0.1, -0.05) is 12.1 Å². The van der Waals surface area contributed by atoms with E-state index in [4.69, 9.17) is 10.2 Å². The van der Waals surface area contributed by atoms with Crippen molar-refractivity contribution in [3.05, 3.63) is 29.8 Å². The van der Waals surface area contributed by atoms with Crippen LogP contribution in [0, 0.1) is 0 Å². The van der Waals surface area contributed by atoms with Crippen LogP contribution in [-0.4, -0.2) is 34.3 Å². The molecule has 0 saturated carbocycles. The molecule has 0 aromatic heterocycles. The summed E-state index contributed by atoms with van der Waals surface area (Å²) in [6.07, 6.45) is -6.60. The summed E-state index contributed by atoms with van der Waals surface area (Å²) in [5.41, 5.74) is 0.461. The van der Waals surface area contributed by atoms with Gasteiger partial charge in [-0.3, -0.25) is 4.79 Å². The van der Waals surface area contributed by atoms with Crippen molar-refractivity contribution in [1.29, 1.82) is 0 Å². The van der Waals surface area contributed by atoms with Crippen molar-refractivity contribution in [2.24, 2.45) is 0 Å². The van der Waals surface area contributed by atoms with Crippen LogP contribution in [0.25, 0.3) is 0 Å². The van der Waals surface area contributed by atoms with Crippen molar-refractivity contribution in [2.45, 2.75) is 25.1 Å². The number of phenols is 1. The predicted molar refractivity (Wildman–Crippen MR) is 62.0 cm³/mol. The third-order valence-corrected chi connectivity index (χ3v) is 2.37. The molecule has 0 aliphatic rings. The smallest absolute Gasteiger partial charge is 0.397 e. The summed E-state index contributed by atoms with van der Waals surface area (Å²) in [6.45, 7) is 0. The van der Waals surface area contributed by atoms with Crippen molar-refractivity contribution in [2.75, 3.05) is 0 Å². The Kier molecular flexibility index (Phi) is 4.95. The first-order valence-corrected chi connectivity index (χ1v) is 5.54. The molecule has 0 spiro atoms. The van der Waals surface area contributed by atoms with Crippen LogP contribution in [0.4, 0.5) is 13.2 Å². The molecule has 0 aliphatic carbocycles. The van der Waals surface area contributed by atoms with E-state index in [-0.39, 0.29) is 12.2 Å². The maximum atomic E-state index is 12.0. The van der Waals surface area contributed by atoms with Gasteiger partial charge >= 0.3 is 12.1 Å². The average Bonchev–Trinajstić information content (AvgIpc) is 2.28. The molecule has 0 radical (unpaired) electrons. The third-order valence-electron chi connectivity index (χ3n) is 2.37. The number of nitrogens with one attached hydrogen (secondary N) is 1. The molecule has 0 unspecified atom stereocenters. The molecule has 3 N–H and O–H groups in total. The fourth-order valence-electron chi connectivity index (χ4n) is 1.50. The van der Waals surface area contributed by atoms with Gasteiger partial charge in [0.15, 0.2) is 0 Å². The molecule has 1 amide bonds. The van der Waals surface area contributed by atoms with E-state index in [0.717, 1.165) is 0 Å². The third kappa shape index (κ3) is 5.59. The van der Waals surface area contributed by atoms with E-state index in [0.29, 0.717) is 5.56 Å². The van der Waals surface area contributed by atoms with Crippen LogP contribution in [0.2, 0.25) is 0 Å². The Morgan fingerprint density at radius 3 is 2.20 bits per heavy atom. The molecule has 1 aromatic carbocycles. The highest BCUT2D eigenvalue weighted by Crippen LogP contribution is 2.19. The highest BCUT2D eigenvalue weighted by atomic mass is 19.4. The van der Waals surface area contributed by atoms with Crippen LogP contribution >= 0.6 is 0 Å². The lowest BCUT2D eigenvalue weighted by atomic mass is 10.1. The molecular weight excluding hydrogens is 279 g/mol. The largest absolute Gasteiger partial charge is 0.508 e. The summed E-state index contributed by atoms with van der Waals surface area (Å²) >= 11 is 0. The predicted octanol–water partition coefficient (Wildman–Crippen LogP) is 1.46. The Morgan fingerprint density at radius 1 is 1.20 bits per heavy atom. The van der Waals surface area contributed by atoms with Gasteiger partial charge in [0, 0.05) is 6.42 Å². The van der Waals surface area contributed by atoms with Crippen molar-refractivity contribution < 1.29 is 33.0 Å². The van der Waals surface area contributed by atoms with Crippen molar-refractivity contribution in [3.8, 4) is 5.75 Å². The Morgan fingerprint density at radius 2 is 1.75 bits per heavy atom. The second-order valence-corrected chi connectivity index (χ2v) is 4.12. The average molecular weight is 291 g/mol. The zero-order valence-corrected chi connectivity index (χ0v) is 10.1. The van der Waals surface area contributed by atoms with E-state index >= 15 is 0 Å². The van der Waals surface area contributed by atoms with E-state index in [1.807, 2.05) is 5.32 Å². The Hall–Kier alpha value is -2.25. The van der Waals surface area contributed by atoms with Crippen LogP contribution in [0.1, 0.15) is 12.0 Å². The maximum absolute atomic E-state index is 12.0. The van der Waals surface area contributed by atoms with Crippen molar-refractivity contribution >= 4 is 11.9 Å². The minimum Gasteiger partial charge on any atom is -0.508 e. The molecule has 0 bridgehead atoms. The molecule has 0 saturated heterocycles. The minimum atomic E-state index is -4.69. The van der Waals surface area contributed by atoms with Crippen molar-refractivity contribution in [1.82, 2.24) is 5.32 Å². The Balaban J connectivity index is 2.68. The molecule has 0 heterocycles. The number of aromatic hydroxyl groups is 1. The highest BCUT2D eigenvalue weighted by molar-refractivity contribution is 5.84. The first-order chi connectivity index (χ1) is 9.17. The summed E-state index contributed by atoms with van der Waals surface area (Å²) in [4.78, 5) is 22.0. The lowest BCUT2D eigenvalue weighted by Gasteiger charge is -2.15. The van der Waals surface area contributed by atoms with Gasteiger partial charge in [-0.05, 0) is 17.7 Å². The lowest BCUT2D eigenvalue weighted by Crippen LogP contribution is -2.43. The second kappa shape index (κ2) is 6.27. The fourth-order valence-corrected chi connectivity index (χ4v) is 1.50. The summed E-state index contributed by atoms with van der Waals surface area (Å²) in [5.74, 6) is -2.86. The van der Waals surface area contributed by atoms with E-state index in [1.165, 1.54) is 24.3 Å². The quantitative estimate of drug-likeness (QED) is 0.766. The Labute approximate surface area is 112 Å². The van der Waals surface area contributed by atoms with Crippen LogP contribution in [0.5, 0.6) is 5.75 Å². The summed E-state index contributed by atoms with van der Waals surface area (Å²) in [6, 6.07) is 3.99. The van der Waals surface area contributed by atoms with E-state index in [1.54, 1.807) is 0 Å². The van der Waals surface area contributed by atoms with Gasteiger partial charge in [-0.2, -0.15) is 13.2 Å². The molecule has 8 heteroatoms. The highest BCUT2D eigenvalue weighted by Gasteiger charge is 2.33. The standard InChI is InChI=1S/C12H12F3NO4/c13-12(14,15)6-10(18)16-9(11(19)20)5-7-1-3-8(17)4-2-7/h1-4,9,17H,5-6H2,(H,16,18)(H,19,20)/t9-/m1/s1. The van der Waals surface area contributed by atoms with E-state index in [9.17, 15) is 22.8 Å². The van der Waals surface area contributed by atoms with Gasteiger partial charge in [0.2, 0.25) is 5.91 Å². The van der Waals surface area contributed by atoms with Gasteiger partial charge < -0.3 is 15.5 Å². The number of carbonyl (C=O) groups excluding carboxylic acids is 1. The molecular formula is C12H12F3NO4. The number of halogens is 3. The summed E-state index contributed by atoms with van der Waals surface area (Å²) < 4.78 is 36.0. The zero-order valence-electron chi connectivity index (χ0n) is 10.1. The Bertz CT molecular complexity index is 484. The number of carbonyl (C=O) groups is 2. The first-order valence-electron chi connectivity index (χ1n) is 5.54. The number of alkyl halides is 3. The van der Waals surface area contributed by atoms with Crippen LogP contribution in [0.15, 0.2) is 24.3 Å². The van der Waals surface area contributed by atoms with Gasteiger partial charge in [-0.15, -0.1) is 0 Å². The summed E-state index contributed by atoms with van der Waals surface area (Å²) in [5, 5.41) is 19.8. The normalized spacial score (nSPS) is 12.8. The molecule has 1 atom stereocenters. The lowest BCUT2D eigenvalue weighted by molar-refractivity contribution is -0.156. The van der Waals surface area contributed by atoms with Crippen LogP contribution in [-0.2, 0) is 16.0 Å². The van der Waals surface area contributed by atoms with Gasteiger partial charge in [-0.25, -0.2) is 4.79 Å². The maximum Gasteiger partial charge on any atom is 0.397 e. The van der Waals surface area contributed by atoms with Gasteiger partial charge in [0.25, 0.3) is 0 Å². The topological polar surface area (TPSA) is 86.6 Å². The van der Waals surface area contributed by atoms with E-state index in [2.05, 4.69) is 0 Å². The number of phenolic OH excluding ortho intramolecular Hbond substituents is 1. The zero-order chi connectivity index (χ0) is 15.3. The summed E-state index contributed by atoms with van der Waals surface area (Å²) in [7, 11) is 0. The molecule has 0 fully saturated rings. The monoisotopic (exact) mass is 291 g/mol. The molecule has 5 nitrogen and oxygen atoms in total. The second-order valence-electron chi connectivity index (χ2n) is 4.12. The van der Waals surface area contributed by atoms with Gasteiger partial charge in [0.1, 0.15) is 18.2 Å². The first kappa shape index (κ1) is 15.8. The minimum absolute atomic E-state index is 0.0262. The number of amides is 1. The van der Waals surface area contributed by atoms with Gasteiger partial charge in [0.05, 0.1) is 0 Å². The molecule has 1 rings (SSSR count).